The monoisotopic (exact) mass is 436 g/mol. The maximum absolute atomic E-state index is 13.1. The number of ether oxygens (including phenoxy) is 1. The number of sulfonamides is 1. The third-order valence-corrected chi connectivity index (χ3v) is 5.48. The van der Waals surface area contributed by atoms with Crippen molar-refractivity contribution in [3.05, 3.63) is 71.2 Å². The first-order chi connectivity index (χ1) is 12.4. The van der Waals surface area contributed by atoms with Gasteiger partial charge in [-0.1, -0.05) is 28.1 Å². The first-order valence-corrected chi connectivity index (χ1v) is 9.74. The Labute approximate surface area is 159 Å². The minimum atomic E-state index is -3.89. The summed E-state index contributed by atoms with van der Waals surface area (Å²) in [6.07, 6.45) is 2.97. The number of nitrogens with one attached hydrogen (secondary N) is 1. The molecular formula is C18H14BrFN2O3S. The Morgan fingerprint density at radius 3 is 2.46 bits per heavy atom. The van der Waals surface area contributed by atoms with Crippen LogP contribution in [0.1, 0.15) is 0 Å². The zero-order valence-electron chi connectivity index (χ0n) is 13.6. The molecule has 2 aromatic carbocycles. The van der Waals surface area contributed by atoms with Gasteiger partial charge in [-0.05, 0) is 42.0 Å². The second kappa shape index (κ2) is 7.43. The molecule has 0 saturated carbocycles. The van der Waals surface area contributed by atoms with Crippen LogP contribution < -0.4 is 9.46 Å². The molecule has 1 N–H and O–H groups in total. The largest absolute Gasteiger partial charge is 0.495 e. The number of nitrogens with zero attached hydrogens (tertiary/aromatic N) is 1. The molecule has 3 aromatic rings. The lowest BCUT2D eigenvalue weighted by Crippen LogP contribution is -2.14. The van der Waals surface area contributed by atoms with Crippen LogP contribution in [0.15, 0.2) is 70.3 Å². The van der Waals surface area contributed by atoms with Crippen molar-refractivity contribution in [1.82, 2.24) is 4.98 Å². The summed E-state index contributed by atoms with van der Waals surface area (Å²) in [4.78, 5) is 4.06. The molecular weight excluding hydrogens is 423 g/mol. The van der Waals surface area contributed by atoms with Crippen LogP contribution in [-0.4, -0.2) is 20.5 Å². The van der Waals surface area contributed by atoms with Gasteiger partial charge < -0.3 is 4.74 Å². The Bertz CT molecular complexity index is 1040. The Kier molecular flexibility index (Phi) is 5.24. The molecule has 0 bridgehead atoms. The Morgan fingerprint density at radius 1 is 1.04 bits per heavy atom. The van der Waals surface area contributed by atoms with Crippen LogP contribution in [-0.2, 0) is 10.0 Å². The topological polar surface area (TPSA) is 68.3 Å². The van der Waals surface area contributed by atoms with Crippen molar-refractivity contribution in [1.29, 1.82) is 0 Å². The highest BCUT2D eigenvalue weighted by Gasteiger charge is 2.20. The normalized spacial score (nSPS) is 11.2. The SMILES string of the molecule is COc1ccc(Br)cc1S(=O)(=O)Nc1cncc(-c2ccc(F)cc2)c1. The van der Waals surface area contributed by atoms with Crippen LogP contribution >= 0.6 is 15.9 Å². The van der Waals surface area contributed by atoms with E-state index in [0.29, 0.717) is 10.0 Å². The smallest absolute Gasteiger partial charge is 0.265 e. The Hall–Kier alpha value is -2.45. The number of rotatable bonds is 5. The molecule has 0 amide bonds. The summed E-state index contributed by atoms with van der Waals surface area (Å²) in [5.74, 6) is -0.122. The van der Waals surface area contributed by atoms with Gasteiger partial charge in [0.2, 0.25) is 0 Å². The average molecular weight is 437 g/mol. The van der Waals surface area contributed by atoms with Crippen molar-refractivity contribution < 1.29 is 17.5 Å². The molecule has 134 valence electrons. The number of pyridine rings is 1. The molecule has 1 aromatic heterocycles. The van der Waals surface area contributed by atoms with Crippen molar-refractivity contribution in [2.75, 3.05) is 11.8 Å². The van der Waals surface area contributed by atoms with E-state index in [1.165, 1.54) is 31.5 Å². The summed E-state index contributed by atoms with van der Waals surface area (Å²) in [5.41, 5.74) is 1.67. The quantitative estimate of drug-likeness (QED) is 0.640. The van der Waals surface area contributed by atoms with Crippen molar-refractivity contribution in [2.24, 2.45) is 0 Å². The van der Waals surface area contributed by atoms with Gasteiger partial charge in [-0.2, -0.15) is 0 Å². The maximum Gasteiger partial charge on any atom is 0.265 e. The van der Waals surface area contributed by atoms with Crippen molar-refractivity contribution >= 4 is 31.6 Å². The maximum atomic E-state index is 13.1. The fourth-order valence-electron chi connectivity index (χ4n) is 2.37. The third-order valence-electron chi connectivity index (χ3n) is 3.58. The van der Waals surface area contributed by atoms with Crippen LogP contribution in [0.25, 0.3) is 11.1 Å². The first-order valence-electron chi connectivity index (χ1n) is 7.46. The second-order valence-corrected chi connectivity index (χ2v) is 7.94. The van der Waals surface area contributed by atoms with Crippen LogP contribution in [0.5, 0.6) is 5.75 Å². The minimum absolute atomic E-state index is 0.00144. The van der Waals surface area contributed by atoms with E-state index in [2.05, 4.69) is 25.6 Å². The lowest BCUT2D eigenvalue weighted by Gasteiger charge is -2.12. The molecule has 0 spiro atoms. The highest BCUT2D eigenvalue weighted by atomic mass is 79.9. The van der Waals surface area contributed by atoms with Crippen molar-refractivity contribution in [3.63, 3.8) is 0 Å². The van der Waals surface area contributed by atoms with Gasteiger partial charge in [0.05, 0.1) is 19.0 Å². The molecule has 0 aliphatic heterocycles. The second-order valence-electron chi connectivity index (χ2n) is 5.37. The molecule has 0 radical (unpaired) electrons. The molecule has 0 atom stereocenters. The van der Waals surface area contributed by atoms with Crippen LogP contribution in [0.4, 0.5) is 10.1 Å². The predicted octanol–water partition coefficient (Wildman–Crippen LogP) is 4.46. The number of hydrogen-bond donors (Lipinski definition) is 1. The number of benzene rings is 2. The summed E-state index contributed by atoms with van der Waals surface area (Å²) in [6.45, 7) is 0. The number of aromatic nitrogens is 1. The van der Waals surface area contributed by atoms with Crippen LogP contribution in [0.3, 0.4) is 0 Å². The van der Waals surface area contributed by atoms with Crippen molar-refractivity contribution in [3.8, 4) is 16.9 Å². The minimum Gasteiger partial charge on any atom is -0.495 e. The zero-order valence-corrected chi connectivity index (χ0v) is 16.0. The molecule has 0 unspecified atom stereocenters. The molecule has 3 rings (SSSR count). The molecule has 0 aliphatic rings. The molecule has 5 nitrogen and oxygen atoms in total. The van der Waals surface area contributed by atoms with Gasteiger partial charge in [0.15, 0.2) is 0 Å². The third kappa shape index (κ3) is 4.03. The van der Waals surface area contributed by atoms with Gasteiger partial charge in [-0.25, -0.2) is 12.8 Å². The Balaban J connectivity index is 1.95. The standard InChI is InChI=1S/C18H14BrFN2O3S/c1-25-17-7-4-14(19)9-18(17)26(23,24)22-16-8-13(10-21-11-16)12-2-5-15(20)6-3-12/h2-11,22H,1H3. The predicted molar refractivity (Wildman–Crippen MR) is 101 cm³/mol. The number of methoxy groups -OCH3 is 1. The lowest BCUT2D eigenvalue weighted by atomic mass is 10.1. The van der Waals surface area contributed by atoms with E-state index in [1.807, 2.05) is 0 Å². The van der Waals surface area contributed by atoms with Gasteiger partial charge in [-0.3, -0.25) is 9.71 Å². The van der Waals surface area contributed by atoms with E-state index in [4.69, 9.17) is 4.74 Å². The summed E-state index contributed by atoms with van der Waals surface area (Å²) in [5, 5.41) is 0. The van der Waals surface area contributed by atoms with Gasteiger partial charge in [-0.15, -0.1) is 0 Å². The highest BCUT2D eigenvalue weighted by Crippen LogP contribution is 2.29. The summed E-state index contributed by atoms with van der Waals surface area (Å²) >= 11 is 3.26. The van der Waals surface area contributed by atoms with Crippen LogP contribution in [0, 0.1) is 5.82 Å². The number of halogens is 2. The van der Waals surface area contributed by atoms with E-state index in [1.54, 1.807) is 36.5 Å². The molecule has 1 heterocycles. The Morgan fingerprint density at radius 2 is 1.77 bits per heavy atom. The highest BCUT2D eigenvalue weighted by molar-refractivity contribution is 9.10. The van der Waals surface area contributed by atoms with E-state index in [9.17, 15) is 12.8 Å². The van der Waals surface area contributed by atoms with Gasteiger partial charge in [0, 0.05) is 16.2 Å². The average Bonchev–Trinajstić information content (AvgIpc) is 2.62. The number of hydrogen-bond acceptors (Lipinski definition) is 4. The molecule has 0 fully saturated rings. The molecule has 0 aliphatic carbocycles. The van der Waals surface area contributed by atoms with E-state index in [-0.39, 0.29) is 22.1 Å². The summed E-state index contributed by atoms with van der Waals surface area (Å²) in [7, 11) is -2.49. The van der Waals surface area contributed by atoms with Crippen LogP contribution in [0.2, 0.25) is 0 Å². The zero-order chi connectivity index (χ0) is 18.7. The number of anilines is 1. The fraction of sp³-hybridized carbons (Fsp3) is 0.0556. The summed E-state index contributed by atoms with van der Waals surface area (Å²) < 4.78 is 46.8. The first kappa shape index (κ1) is 18.3. The van der Waals surface area contributed by atoms with Gasteiger partial charge in [0.25, 0.3) is 10.0 Å². The van der Waals surface area contributed by atoms with Gasteiger partial charge in [0.1, 0.15) is 16.5 Å². The van der Waals surface area contributed by atoms with E-state index in [0.717, 1.165) is 5.56 Å². The van der Waals surface area contributed by atoms with Gasteiger partial charge >= 0.3 is 0 Å². The molecule has 26 heavy (non-hydrogen) atoms. The lowest BCUT2D eigenvalue weighted by molar-refractivity contribution is 0.403. The van der Waals surface area contributed by atoms with E-state index >= 15 is 0 Å². The fourth-order valence-corrected chi connectivity index (χ4v) is 4.11. The molecule has 0 saturated heterocycles. The molecule has 8 heteroatoms. The summed E-state index contributed by atoms with van der Waals surface area (Å²) in [6, 6.07) is 12.2. The van der Waals surface area contributed by atoms with E-state index < -0.39 is 10.0 Å². The van der Waals surface area contributed by atoms with Crippen molar-refractivity contribution in [2.45, 2.75) is 4.90 Å².